The van der Waals surface area contributed by atoms with E-state index in [1.165, 1.54) is 35.9 Å². The van der Waals surface area contributed by atoms with Crippen LogP contribution in [0.3, 0.4) is 0 Å². The van der Waals surface area contributed by atoms with Gasteiger partial charge >= 0.3 is 5.97 Å². The van der Waals surface area contributed by atoms with Gasteiger partial charge in [0, 0.05) is 30.9 Å². The summed E-state index contributed by atoms with van der Waals surface area (Å²) >= 11 is 5.98. The number of esters is 1. The molecular formula is C26H32ClFN2O3. The first-order chi connectivity index (χ1) is 15.7. The Morgan fingerprint density at radius 3 is 2.61 bits per heavy atom. The normalized spacial score (nSPS) is 25.6. The summed E-state index contributed by atoms with van der Waals surface area (Å²) in [5.41, 5.74) is 3.37. The standard InChI is InChI=1S/C26H32ClFN2O3/c1-17-4-6-21-19(12-17)15-30(14-18(2)16-31)26(21)10-8-25(9-11-26,24(32)33-3)29-20-5-7-23(28)22(27)13-20/h4-7,12-13,18,29,31H,8-11,14-16H2,1-3H3/t18-,25?,26?/m1/s1. The van der Waals surface area contributed by atoms with E-state index in [2.05, 4.69) is 42.3 Å². The predicted molar refractivity (Wildman–Crippen MR) is 128 cm³/mol. The summed E-state index contributed by atoms with van der Waals surface area (Å²) in [6.07, 6.45) is 2.65. The molecular weight excluding hydrogens is 443 g/mol. The summed E-state index contributed by atoms with van der Waals surface area (Å²) in [4.78, 5) is 15.5. The Balaban J connectivity index is 1.66. The zero-order valence-electron chi connectivity index (χ0n) is 19.5. The molecule has 2 aromatic carbocycles. The molecule has 1 heterocycles. The molecule has 1 spiro atoms. The van der Waals surface area contributed by atoms with Gasteiger partial charge in [0.05, 0.1) is 12.1 Å². The summed E-state index contributed by atoms with van der Waals surface area (Å²) in [5.74, 6) is -0.664. The second-order valence-corrected chi connectivity index (χ2v) is 10.1. The number of hydrogen-bond acceptors (Lipinski definition) is 5. The molecule has 0 saturated heterocycles. The van der Waals surface area contributed by atoms with Crippen LogP contribution in [0.25, 0.3) is 0 Å². The average Bonchev–Trinajstić information content (AvgIpc) is 3.09. The number of aryl methyl sites for hydroxylation is 1. The molecule has 1 aliphatic carbocycles. The van der Waals surface area contributed by atoms with Crippen LogP contribution in [0.2, 0.25) is 5.02 Å². The highest BCUT2D eigenvalue weighted by atomic mass is 35.5. The third kappa shape index (κ3) is 4.36. The fourth-order valence-corrected chi connectivity index (χ4v) is 5.79. The van der Waals surface area contributed by atoms with Crippen molar-refractivity contribution in [2.45, 2.75) is 57.2 Å². The zero-order valence-corrected chi connectivity index (χ0v) is 20.2. The van der Waals surface area contributed by atoms with E-state index in [4.69, 9.17) is 16.3 Å². The van der Waals surface area contributed by atoms with Crippen molar-refractivity contribution in [1.82, 2.24) is 4.90 Å². The van der Waals surface area contributed by atoms with Gasteiger partial charge in [-0.15, -0.1) is 0 Å². The number of methoxy groups -OCH3 is 1. The molecule has 4 rings (SSSR count). The predicted octanol–water partition coefficient (Wildman–Crippen LogP) is 5.02. The van der Waals surface area contributed by atoms with Gasteiger partial charge in [-0.1, -0.05) is 42.3 Å². The van der Waals surface area contributed by atoms with Gasteiger partial charge in [-0.3, -0.25) is 4.90 Å². The Kier molecular flexibility index (Phi) is 6.72. The van der Waals surface area contributed by atoms with E-state index in [9.17, 15) is 14.3 Å². The Bertz CT molecular complexity index is 1040. The maximum Gasteiger partial charge on any atom is 0.331 e. The van der Waals surface area contributed by atoms with Crippen LogP contribution in [0, 0.1) is 18.7 Å². The molecule has 0 aromatic heterocycles. The fraction of sp³-hybridized carbons (Fsp3) is 0.500. The third-order valence-corrected chi connectivity index (χ3v) is 7.67. The number of nitrogens with zero attached hydrogens (tertiary/aromatic N) is 1. The van der Waals surface area contributed by atoms with E-state index < -0.39 is 11.4 Å². The summed E-state index contributed by atoms with van der Waals surface area (Å²) < 4.78 is 18.9. The number of ether oxygens (including phenoxy) is 1. The number of hydrogen-bond donors (Lipinski definition) is 2. The number of carbonyl (C=O) groups excluding carboxylic acids is 1. The van der Waals surface area contributed by atoms with E-state index in [-0.39, 0.29) is 29.1 Å². The van der Waals surface area contributed by atoms with Crippen molar-refractivity contribution in [2.24, 2.45) is 5.92 Å². The fourth-order valence-electron chi connectivity index (χ4n) is 5.61. The van der Waals surface area contributed by atoms with E-state index in [1.807, 2.05) is 0 Å². The van der Waals surface area contributed by atoms with Crippen molar-refractivity contribution >= 4 is 23.3 Å². The molecule has 1 atom stereocenters. The Morgan fingerprint density at radius 2 is 1.97 bits per heavy atom. The van der Waals surface area contributed by atoms with Gasteiger partial charge in [0.1, 0.15) is 11.4 Å². The molecule has 0 bridgehead atoms. The molecule has 1 saturated carbocycles. The van der Waals surface area contributed by atoms with E-state index >= 15 is 0 Å². The van der Waals surface area contributed by atoms with Crippen molar-refractivity contribution in [2.75, 3.05) is 25.6 Å². The van der Waals surface area contributed by atoms with Gasteiger partial charge in [-0.05, 0) is 67.9 Å². The van der Waals surface area contributed by atoms with Crippen molar-refractivity contribution in [3.05, 3.63) is 63.9 Å². The highest BCUT2D eigenvalue weighted by Crippen LogP contribution is 2.52. The minimum atomic E-state index is -0.914. The smallest absolute Gasteiger partial charge is 0.331 e. The summed E-state index contributed by atoms with van der Waals surface area (Å²) in [7, 11) is 1.40. The van der Waals surface area contributed by atoms with Gasteiger partial charge in [0.15, 0.2) is 0 Å². The second-order valence-electron chi connectivity index (χ2n) is 9.69. The van der Waals surface area contributed by atoms with Gasteiger partial charge in [0.25, 0.3) is 0 Å². The van der Waals surface area contributed by atoms with Crippen molar-refractivity contribution in [3.63, 3.8) is 0 Å². The van der Waals surface area contributed by atoms with Crippen LogP contribution in [0.4, 0.5) is 10.1 Å². The van der Waals surface area contributed by atoms with Crippen LogP contribution in [0.5, 0.6) is 0 Å². The third-order valence-electron chi connectivity index (χ3n) is 7.38. The number of halogens is 2. The van der Waals surface area contributed by atoms with Gasteiger partial charge in [-0.2, -0.15) is 0 Å². The topological polar surface area (TPSA) is 61.8 Å². The Hall–Kier alpha value is -2.15. The molecule has 5 nitrogen and oxygen atoms in total. The van der Waals surface area contributed by atoms with Crippen LogP contribution in [-0.4, -0.2) is 41.8 Å². The summed E-state index contributed by atoms with van der Waals surface area (Å²) in [6, 6.07) is 11.0. The van der Waals surface area contributed by atoms with Gasteiger partial charge < -0.3 is 15.2 Å². The van der Waals surface area contributed by atoms with Crippen LogP contribution in [0.15, 0.2) is 36.4 Å². The molecule has 1 aliphatic heterocycles. The molecule has 2 aromatic rings. The van der Waals surface area contributed by atoms with Gasteiger partial charge in [0.2, 0.25) is 0 Å². The maximum absolute atomic E-state index is 13.7. The van der Waals surface area contributed by atoms with Crippen LogP contribution in [-0.2, 0) is 21.6 Å². The quantitative estimate of drug-likeness (QED) is 0.575. The number of aliphatic hydroxyl groups excluding tert-OH is 1. The van der Waals surface area contributed by atoms with E-state index in [1.54, 1.807) is 6.07 Å². The first-order valence-electron chi connectivity index (χ1n) is 11.5. The Morgan fingerprint density at radius 1 is 1.24 bits per heavy atom. The zero-order chi connectivity index (χ0) is 23.8. The van der Waals surface area contributed by atoms with Crippen LogP contribution in [0.1, 0.15) is 49.3 Å². The first-order valence-corrected chi connectivity index (χ1v) is 11.9. The molecule has 0 radical (unpaired) electrons. The lowest BCUT2D eigenvalue weighted by atomic mass is 9.68. The minimum absolute atomic E-state index is 0.0107. The Labute approximate surface area is 199 Å². The largest absolute Gasteiger partial charge is 0.467 e. The van der Waals surface area contributed by atoms with Crippen molar-refractivity contribution < 1.29 is 19.0 Å². The monoisotopic (exact) mass is 474 g/mol. The number of nitrogens with one attached hydrogen (secondary N) is 1. The molecule has 7 heteroatoms. The van der Waals surface area contributed by atoms with Crippen LogP contribution >= 0.6 is 11.6 Å². The van der Waals surface area contributed by atoms with E-state index in [0.29, 0.717) is 18.5 Å². The highest BCUT2D eigenvalue weighted by Gasteiger charge is 2.53. The molecule has 1 fully saturated rings. The molecule has 0 unspecified atom stereocenters. The average molecular weight is 475 g/mol. The number of aliphatic hydroxyl groups is 1. The number of fused-ring (bicyclic) bond motifs is 2. The number of anilines is 1. The first kappa shape index (κ1) is 24.0. The minimum Gasteiger partial charge on any atom is -0.467 e. The lowest BCUT2D eigenvalue weighted by Crippen LogP contribution is -2.56. The number of carbonyl (C=O) groups is 1. The maximum atomic E-state index is 13.7. The van der Waals surface area contributed by atoms with Gasteiger partial charge in [-0.25, -0.2) is 9.18 Å². The summed E-state index contributed by atoms with van der Waals surface area (Å²) in [6.45, 7) is 5.93. The number of rotatable bonds is 6. The van der Waals surface area contributed by atoms with E-state index in [0.717, 1.165) is 25.9 Å². The lowest BCUT2D eigenvalue weighted by molar-refractivity contribution is -0.148. The highest BCUT2D eigenvalue weighted by molar-refractivity contribution is 6.31. The van der Waals surface area contributed by atoms with Crippen molar-refractivity contribution in [1.29, 1.82) is 0 Å². The number of benzene rings is 2. The molecule has 2 aliphatic rings. The molecule has 2 N–H and O–H groups in total. The SMILES string of the molecule is COC(=O)C1(Nc2ccc(F)c(Cl)c2)CCC2(CC1)c1ccc(C)cc1CN2C[C@@H](C)CO. The lowest BCUT2D eigenvalue weighted by Gasteiger charge is -2.49. The molecule has 178 valence electrons. The van der Waals surface area contributed by atoms with Crippen LogP contribution < -0.4 is 5.32 Å². The molecule has 33 heavy (non-hydrogen) atoms. The second kappa shape index (κ2) is 9.24. The van der Waals surface area contributed by atoms with Crippen molar-refractivity contribution in [3.8, 4) is 0 Å². The molecule has 0 amide bonds. The summed E-state index contributed by atoms with van der Waals surface area (Å²) in [5, 5.41) is 13.0.